The number of halogens is 1. The van der Waals surface area contributed by atoms with Crippen LogP contribution in [0.15, 0.2) is 35.3 Å². The van der Waals surface area contributed by atoms with Crippen molar-refractivity contribution in [2.45, 2.75) is 0 Å². The summed E-state index contributed by atoms with van der Waals surface area (Å²) in [4.78, 5) is 25.7. The van der Waals surface area contributed by atoms with Crippen molar-refractivity contribution in [2.75, 3.05) is 7.11 Å². The molecule has 0 saturated carbocycles. The Bertz CT molecular complexity index is 900. The fourth-order valence-electron chi connectivity index (χ4n) is 1.95. The van der Waals surface area contributed by atoms with E-state index in [1.54, 1.807) is 12.1 Å². The molecule has 0 aliphatic carbocycles. The Morgan fingerprint density at radius 2 is 2.19 bits per heavy atom. The number of nitrogens with one attached hydrogen (secondary N) is 1. The molecular formula is C13H9ClN4O3. The molecule has 0 atom stereocenters. The summed E-state index contributed by atoms with van der Waals surface area (Å²) in [5, 5.41) is 8.22. The number of ether oxygens (including phenoxy) is 1. The standard InChI is InChI=1S/C13H9ClN4O3/c1-21-13(20)7-5-8(14)11-16-17-12(18(11)6-7)9-3-2-4-10(19)15-9/h2-6H,1H3,(H,15,19). The molecule has 3 aromatic heterocycles. The normalized spacial score (nSPS) is 10.8. The van der Waals surface area contributed by atoms with Gasteiger partial charge < -0.3 is 9.72 Å². The minimum absolute atomic E-state index is 0.259. The highest BCUT2D eigenvalue weighted by molar-refractivity contribution is 6.33. The molecule has 8 heteroatoms. The molecule has 3 rings (SSSR count). The number of pyridine rings is 2. The molecule has 7 nitrogen and oxygen atoms in total. The molecule has 0 aromatic carbocycles. The van der Waals surface area contributed by atoms with Gasteiger partial charge in [-0.25, -0.2) is 4.79 Å². The van der Waals surface area contributed by atoms with Crippen LogP contribution in [0.1, 0.15) is 10.4 Å². The molecule has 1 N–H and O–H groups in total. The Balaban J connectivity index is 2.27. The van der Waals surface area contributed by atoms with Gasteiger partial charge in [-0.3, -0.25) is 9.20 Å². The minimum Gasteiger partial charge on any atom is -0.465 e. The number of esters is 1. The average Bonchev–Trinajstić information content (AvgIpc) is 2.90. The first-order chi connectivity index (χ1) is 10.1. The highest BCUT2D eigenvalue weighted by atomic mass is 35.5. The molecule has 0 unspecified atom stereocenters. The highest BCUT2D eigenvalue weighted by Gasteiger charge is 2.15. The van der Waals surface area contributed by atoms with Gasteiger partial charge in [-0.2, -0.15) is 0 Å². The maximum absolute atomic E-state index is 11.6. The SMILES string of the molecule is COC(=O)c1cc(Cl)c2nnc(-c3cccc(=O)[nH]3)n2c1. The Labute approximate surface area is 123 Å². The number of hydrogen-bond donors (Lipinski definition) is 1. The second-order valence-corrected chi connectivity index (χ2v) is 4.62. The largest absolute Gasteiger partial charge is 0.465 e. The lowest BCUT2D eigenvalue weighted by molar-refractivity contribution is 0.0600. The summed E-state index contributed by atoms with van der Waals surface area (Å²) in [6.45, 7) is 0. The number of hydrogen-bond acceptors (Lipinski definition) is 5. The van der Waals surface area contributed by atoms with Crippen LogP contribution in [0.2, 0.25) is 5.02 Å². The first-order valence-electron chi connectivity index (χ1n) is 5.92. The summed E-state index contributed by atoms with van der Waals surface area (Å²) in [6.07, 6.45) is 1.51. The van der Waals surface area contributed by atoms with Crippen LogP contribution in [-0.4, -0.2) is 32.7 Å². The zero-order chi connectivity index (χ0) is 15.0. The molecule has 0 aliphatic rings. The lowest BCUT2D eigenvalue weighted by atomic mass is 10.2. The van der Waals surface area contributed by atoms with E-state index in [2.05, 4.69) is 19.9 Å². The van der Waals surface area contributed by atoms with Crippen molar-refractivity contribution in [3.8, 4) is 11.5 Å². The van der Waals surface area contributed by atoms with E-state index in [1.807, 2.05) is 0 Å². The molecule has 3 aromatic rings. The molecule has 0 fully saturated rings. The molecule has 0 amide bonds. The van der Waals surface area contributed by atoms with Gasteiger partial charge in [-0.05, 0) is 12.1 Å². The molecular weight excluding hydrogens is 296 g/mol. The maximum Gasteiger partial charge on any atom is 0.339 e. The first kappa shape index (κ1) is 13.3. The van der Waals surface area contributed by atoms with Crippen LogP contribution in [0.4, 0.5) is 0 Å². The van der Waals surface area contributed by atoms with Crippen LogP contribution in [0.25, 0.3) is 17.2 Å². The second-order valence-electron chi connectivity index (χ2n) is 4.21. The van der Waals surface area contributed by atoms with Gasteiger partial charge in [0, 0.05) is 12.3 Å². The van der Waals surface area contributed by atoms with Gasteiger partial charge in [-0.1, -0.05) is 17.7 Å². The smallest absolute Gasteiger partial charge is 0.339 e. The summed E-state index contributed by atoms with van der Waals surface area (Å²) >= 11 is 6.09. The third-order valence-electron chi connectivity index (χ3n) is 2.89. The van der Waals surface area contributed by atoms with Crippen LogP contribution in [0.3, 0.4) is 0 Å². The van der Waals surface area contributed by atoms with Crippen molar-refractivity contribution in [2.24, 2.45) is 0 Å². The van der Waals surface area contributed by atoms with Crippen LogP contribution in [0.5, 0.6) is 0 Å². The molecule has 0 bridgehead atoms. The molecule has 3 heterocycles. The summed E-state index contributed by atoms with van der Waals surface area (Å²) in [7, 11) is 1.28. The zero-order valence-corrected chi connectivity index (χ0v) is 11.6. The van der Waals surface area contributed by atoms with E-state index < -0.39 is 5.97 Å². The number of nitrogens with zero attached hydrogens (tertiary/aromatic N) is 3. The van der Waals surface area contributed by atoms with Crippen molar-refractivity contribution in [1.82, 2.24) is 19.6 Å². The predicted octanol–water partition coefficient (Wildman–Crippen LogP) is 1.52. The first-order valence-corrected chi connectivity index (χ1v) is 6.30. The van der Waals surface area contributed by atoms with Crippen molar-refractivity contribution in [3.63, 3.8) is 0 Å². The molecule has 106 valence electrons. The van der Waals surface area contributed by atoms with Crippen molar-refractivity contribution in [3.05, 3.63) is 51.4 Å². The van der Waals surface area contributed by atoms with Crippen molar-refractivity contribution < 1.29 is 9.53 Å². The summed E-state index contributed by atoms with van der Waals surface area (Å²) < 4.78 is 6.20. The van der Waals surface area contributed by atoms with E-state index in [0.29, 0.717) is 17.2 Å². The topological polar surface area (TPSA) is 89.3 Å². The molecule has 0 spiro atoms. The number of methoxy groups -OCH3 is 1. The molecule has 0 aliphatic heterocycles. The fourth-order valence-corrected chi connectivity index (χ4v) is 2.19. The van der Waals surface area contributed by atoms with Gasteiger partial charge in [0.25, 0.3) is 0 Å². The van der Waals surface area contributed by atoms with Gasteiger partial charge in [0.15, 0.2) is 11.5 Å². The Morgan fingerprint density at radius 3 is 2.90 bits per heavy atom. The van der Waals surface area contributed by atoms with E-state index in [-0.39, 0.29) is 16.1 Å². The van der Waals surface area contributed by atoms with Crippen LogP contribution in [0, 0.1) is 0 Å². The lowest BCUT2D eigenvalue weighted by Gasteiger charge is -2.04. The number of H-pyrrole nitrogens is 1. The third-order valence-corrected chi connectivity index (χ3v) is 3.17. The summed E-state index contributed by atoms with van der Waals surface area (Å²) in [6, 6.07) is 6.12. The van der Waals surface area contributed by atoms with Gasteiger partial charge in [0.05, 0.1) is 23.4 Å². The van der Waals surface area contributed by atoms with Crippen molar-refractivity contribution in [1.29, 1.82) is 0 Å². The Morgan fingerprint density at radius 1 is 1.38 bits per heavy atom. The van der Waals surface area contributed by atoms with Crippen LogP contribution < -0.4 is 5.56 Å². The number of rotatable bonds is 2. The fraction of sp³-hybridized carbons (Fsp3) is 0.0769. The summed E-state index contributed by atoms with van der Waals surface area (Å²) in [5.41, 5.74) is 0.839. The average molecular weight is 305 g/mol. The Kier molecular flexibility index (Phi) is 3.19. The van der Waals surface area contributed by atoms with Gasteiger partial charge in [0.1, 0.15) is 0 Å². The van der Waals surface area contributed by atoms with E-state index in [1.165, 1.54) is 29.8 Å². The van der Waals surface area contributed by atoms with Gasteiger partial charge >= 0.3 is 5.97 Å². The predicted molar refractivity (Wildman–Crippen MR) is 75.4 cm³/mol. The van der Waals surface area contributed by atoms with Crippen LogP contribution in [-0.2, 0) is 4.74 Å². The number of aromatic nitrogens is 4. The zero-order valence-electron chi connectivity index (χ0n) is 10.8. The quantitative estimate of drug-likeness (QED) is 0.725. The highest BCUT2D eigenvalue weighted by Crippen LogP contribution is 2.22. The number of aromatic amines is 1. The third kappa shape index (κ3) is 2.27. The molecule has 0 saturated heterocycles. The monoisotopic (exact) mass is 304 g/mol. The Hall–Kier alpha value is -2.67. The van der Waals surface area contributed by atoms with E-state index in [0.717, 1.165) is 0 Å². The number of carbonyl (C=O) groups excluding carboxylic acids is 1. The maximum atomic E-state index is 11.6. The second kappa shape index (κ2) is 5.02. The van der Waals surface area contributed by atoms with Crippen LogP contribution >= 0.6 is 11.6 Å². The minimum atomic E-state index is -0.528. The number of fused-ring (bicyclic) bond motifs is 1. The van der Waals surface area contributed by atoms with E-state index in [4.69, 9.17) is 11.6 Å². The van der Waals surface area contributed by atoms with Gasteiger partial charge in [-0.15, -0.1) is 10.2 Å². The lowest BCUT2D eigenvalue weighted by Crippen LogP contribution is -2.06. The van der Waals surface area contributed by atoms with Gasteiger partial charge in [0.2, 0.25) is 5.56 Å². The summed E-state index contributed by atoms with van der Waals surface area (Å²) in [5.74, 6) is -0.157. The van der Waals surface area contributed by atoms with Crippen molar-refractivity contribution >= 4 is 23.2 Å². The van der Waals surface area contributed by atoms with E-state index >= 15 is 0 Å². The van der Waals surface area contributed by atoms with E-state index in [9.17, 15) is 9.59 Å². The molecule has 0 radical (unpaired) electrons. The molecule has 21 heavy (non-hydrogen) atoms. The number of carbonyl (C=O) groups is 1.